The molecule has 1 aliphatic heterocycles. The van der Waals surface area contributed by atoms with Crippen molar-refractivity contribution in [1.82, 2.24) is 0 Å². The number of hydrogen-bond donors (Lipinski definition) is 2. The normalized spacial score (nSPS) is 15.1. The average Bonchev–Trinajstić information content (AvgIpc) is 2.84. The Kier molecular flexibility index (Phi) is 9.13. The van der Waals surface area contributed by atoms with Gasteiger partial charge in [-0.25, -0.2) is 4.79 Å². The van der Waals surface area contributed by atoms with E-state index in [2.05, 4.69) is 62.6 Å². The second kappa shape index (κ2) is 11.6. The van der Waals surface area contributed by atoms with E-state index >= 15 is 0 Å². The summed E-state index contributed by atoms with van der Waals surface area (Å²) in [4.78, 5) is 20.5. The summed E-state index contributed by atoms with van der Waals surface area (Å²) >= 11 is 0.578. The van der Waals surface area contributed by atoms with Crippen molar-refractivity contribution in [2.75, 3.05) is 20.6 Å². The summed E-state index contributed by atoms with van der Waals surface area (Å²) < 4.78 is 1.61. The molecule has 0 amide bonds. The van der Waals surface area contributed by atoms with Gasteiger partial charge >= 0.3 is 140 Å². The van der Waals surface area contributed by atoms with Gasteiger partial charge in [0.05, 0.1) is 5.97 Å². The molecule has 6 heteroatoms. The Morgan fingerprint density at radius 1 is 1.10 bits per heavy atom. The molecule has 0 bridgehead atoms. The molecule has 0 fully saturated rings. The van der Waals surface area contributed by atoms with Crippen LogP contribution in [0.1, 0.15) is 35.4 Å². The van der Waals surface area contributed by atoms with Crippen LogP contribution >= 0.6 is 0 Å². The van der Waals surface area contributed by atoms with Crippen LogP contribution in [-0.2, 0) is 14.9 Å². The number of quaternary nitrogens is 1. The first-order valence-corrected chi connectivity index (χ1v) is 11.7. The molecular formula is C23H27NO4Se. The zero-order valence-corrected chi connectivity index (χ0v) is 18.5. The van der Waals surface area contributed by atoms with Crippen LogP contribution in [0.15, 0.2) is 60.7 Å². The molecule has 5 nitrogen and oxygen atoms in total. The Morgan fingerprint density at radius 2 is 1.76 bits per heavy atom. The molecule has 1 atom stereocenters. The minimum absolute atomic E-state index is 0.447. The van der Waals surface area contributed by atoms with Gasteiger partial charge in [0.2, 0.25) is 0 Å². The molecule has 1 heterocycles. The quantitative estimate of drug-likeness (QED) is 0.469. The van der Waals surface area contributed by atoms with Gasteiger partial charge in [-0.2, -0.15) is 0 Å². The minimum atomic E-state index is -1.51. The first-order chi connectivity index (χ1) is 13.9. The molecule has 2 N–H and O–H groups in total. The van der Waals surface area contributed by atoms with Crippen LogP contribution in [0.3, 0.4) is 0 Å². The van der Waals surface area contributed by atoms with Crippen LogP contribution in [0.5, 0.6) is 0 Å². The van der Waals surface area contributed by atoms with E-state index in [1.807, 2.05) is 0 Å². The standard InChI is InChI=1S/C19H23NSe.C4H4O4/c1-20(2)13-7-11-17-16-9-4-3-8-15(16)14-21-19-12-6-5-10-18(17)19;5-3(6)1-2-4(7)8/h3-6,8-10,12,17H,7,11,13-14H2,1-2H3;1-2H,(H,5,6)(H,7,8)/b;2-1-. The van der Waals surface area contributed by atoms with Crippen LogP contribution in [0.2, 0.25) is 0 Å². The van der Waals surface area contributed by atoms with Crippen molar-refractivity contribution < 1.29 is 24.7 Å². The van der Waals surface area contributed by atoms with Crippen molar-refractivity contribution in [3.05, 3.63) is 77.4 Å². The van der Waals surface area contributed by atoms with E-state index in [9.17, 15) is 14.7 Å². The van der Waals surface area contributed by atoms with Crippen LogP contribution < -0.4 is 14.5 Å². The summed E-state index contributed by atoms with van der Waals surface area (Å²) in [6.07, 6.45) is 3.51. The van der Waals surface area contributed by atoms with E-state index in [0.29, 0.717) is 33.0 Å². The fourth-order valence-corrected chi connectivity index (χ4v) is 5.70. The molecule has 0 spiro atoms. The van der Waals surface area contributed by atoms with Crippen LogP contribution in [0.4, 0.5) is 0 Å². The number of carboxylic acid groups (broad SMARTS) is 2. The second-order valence-electron chi connectivity index (χ2n) is 7.17. The summed E-state index contributed by atoms with van der Waals surface area (Å²) in [5.41, 5.74) is 4.75. The van der Waals surface area contributed by atoms with Crippen molar-refractivity contribution in [2.24, 2.45) is 0 Å². The molecule has 0 radical (unpaired) electrons. The van der Waals surface area contributed by atoms with Gasteiger partial charge in [-0.05, 0) is 6.08 Å². The van der Waals surface area contributed by atoms with E-state index in [4.69, 9.17) is 5.11 Å². The maximum absolute atomic E-state index is 9.53. The van der Waals surface area contributed by atoms with Gasteiger partial charge in [-0.1, -0.05) is 0 Å². The van der Waals surface area contributed by atoms with E-state index in [1.54, 1.807) is 26.1 Å². The third-order valence-corrected chi connectivity index (χ3v) is 7.03. The van der Waals surface area contributed by atoms with Crippen LogP contribution in [0.25, 0.3) is 0 Å². The number of fused-ring (bicyclic) bond motifs is 2. The molecule has 1 unspecified atom stereocenters. The van der Waals surface area contributed by atoms with Gasteiger partial charge in [-0.15, -0.1) is 0 Å². The zero-order valence-electron chi connectivity index (χ0n) is 16.8. The Morgan fingerprint density at radius 3 is 2.38 bits per heavy atom. The molecule has 2 aromatic rings. The summed E-state index contributed by atoms with van der Waals surface area (Å²) in [7, 11) is 4.50. The largest absolute Gasteiger partial charge is 0.545 e. The van der Waals surface area contributed by atoms with Crippen molar-refractivity contribution in [3.8, 4) is 0 Å². The number of hydrogen-bond acceptors (Lipinski definition) is 3. The number of carbonyl (C=O) groups is 2. The number of benzene rings is 2. The van der Waals surface area contributed by atoms with Gasteiger partial charge in [0.1, 0.15) is 0 Å². The molecule has 0 aliphatic carbocycles. The Hall–Kier alpha value is -2.40. The molecule has 1 aliphatic rings. The van der Waals surface area contributed by atoms with Crippen molar-refractivity contribution in [2.45, 2.75) is 24.1 Å². The maximum atomic E-state index is 9.53. The van der Waals surface area contributed by atoms with E-state index < -0.39 is 11.9 Å². The van der Waals surface area contributed by atoms with Crippen LogP contribution in [-0.4, -0.2) is 52.6 Å². The summed E-state index contributed by atoms with van der Waals surface area (Å²) in [5, 5.41) is 18.5. The first kappa shape index (κ1) is 22.9. The Bertz CT molecular complexity index is 800. The minimum Gasteiger partial charge on any atom is -0.545 e. The molecule has 29 heavy (non-hydrogen) atoms. The number of carbonyl (C=O) groups excluding carboxylic acids is 1. The summed E-state index contributed by atoms with van der Waals surface area (Å²) in [6.45, 7) is 1.26. The summed E-state index contributed by atoms with van der Waals surface area (Å²) in [5.74, 6) is -2.21. The summed E-state index contributed by atoms with van der Waals surface area (Å²) in [6, 6.07) is 18.3. The monoisotopic (exact) mass is 461 g/mol. The van der Waals surface area contributed by atoms with E-state index in [1.165, 1.54) is 24.7 Å². The number of rotatable bonds is 6. The SMILES string of the molecule is C[NH+](C)CCCC1c2ccccc2C[Se]c2ccccc21.O=C([O-])/C=C\C(=O)O. The van der Waals surface area contributed by atoms with Crippen LogP contribution in [0, 0.1) is 0 Å². The molecule has 2 aromatic carbocycles. The number of carboxylic acids is 2. The molecular weight excluding hydrogens is 433 g/mol. The smallest absolute Gasteiger partial charge is 0.328 e. The van der Waals surface area contributed by atoms with Crippen molar-refractivity contribution in [1.29, 1.82) is 0 Å². The van der Waals surface area contributed by atoms with Crippen molar-refractivity contribution >= 4 is 31.4 Å². The first-order valence-electron chi connectivity index (χ1n) is 9.59. The Labute approximate surface area is 178 Å². The number of nitrogens with one attached hydrogen (secondary N) is 1. The van der Waals surface area contributed by atoms with Gasteiger partial charge in [0, 0.05) is 6.08 Å². The third kappa shape index (κ3) is 7.50. The van der Waals surface area contributed by atoms with E-state index in [0.717, 1.165) is 0 Å². The zero-order chi connectivity index (χ0) is 21.2. The van der Waals surface area contributed by atoms with Gasteiger partial charge in [0.25, 0.3) is 0 Å². The van der Waals surface area contributed by atoms with Gasteiger partial charge in [0.15, 0.2) is 0 Å². The fourth-order valence-electron chi connectivity index (χ4n) is 3.34. The molecule has 0 aromatic heterocycles. The van der Waals surface area contributed by atoms with Crippen molar-refractivity contribution in [3.63, 3.8) is 0 Å². The maximum Gasteiger partial charge on any atom is 0.328 e. The van der Waals surface area contributed by atoms with Gasteiger partial charge < -0.3 is 15.0 Å². The van der Waals surface area contributed by atoms with Gasteiger partial charge in [-0.3, -0.25) is 0 Å². The average molecular weight is 460 g/mol. The number of aliphatic carboxylic acids is 2. The second-order valence-corrected chi connectivity index (χ2v) is 9.30. The molecule has 154 valence electrons. The molecule has 3 rings (SSSR count). The van der Waals surface area contributed by atoms with E-state index in [-0.39, 0.29) is 0 Å². The third-order valence-electron chi connectivity index (χ3n) is 4.64. The predicted molar refractivity (Wildman–Crippen MR) is 113 cm³/mol. The fraction of sp³-hybridized carbons (Fsp3) is 0.304. The Balaban J connectivity index is 0.000000321. The molecule has 0 saturated heterocycles. The molecule has 0 saturated carbocycles. The topological polar surface area (TPSA) is 81.9 Å². The predicted octanol–water partition coefficient (Wildman–Crippen LogP) is -0.0366.